The molecular weight excluding hydrogens is 318 g/mol. The van der Waals surface area contributed by atoms with E-state index in [1.807, 2.05) is 60.7 Å². The molecule has 4 nitrogen and oxygen atoms in total. The number of para-hydroxylation sites is 1. The third-order valence-electron chi connectivity index (χ3n) is 4.18. The van der Waals surface area contributed by atoms with Crippen LogP contribution in [0.2, 0.25) is 0 Å². The van der Waals surface area contributed by atoms with Gasteiger partial charge in [0, 0.05) is 16.5 Å². The van der Waals surface area contributed by atoms with Crippen LogP contribution < -0.4 is 5.43 Å². The molecule has 1 aliphatic carbocycles. The summed E-state index contributed by atoms with van der Waals surface area (Å²) >= 11 is 1.52. The van der Waals surface area contributed by atoms with Gasteiger partial charge in [-0.05, 0) is 17.5 Å². The van der Waals surface area contributed by atoms with E-state index in [9.17, 15) is 4.79 Å². The summed E-state index contributed by atoms with van der Waals surface area (Å²) in [5, 5.41) is 7.09. The summed E-state index contributed by atoms with van der Waals surface area (Å²) in [5.74, 6) is -0.0459. The molecule has 4 aromatic rings. The van der Waals surface area contributed by atoms with E-state index in [2.05, 4.69) is 15.5 Å². The number of ketones is 1. The van der Waals surface area contributed by atoms with E-state index in [1.165, 1.54) is 11.3 Å². The van der Waals surface area contributed by atoms with Crippen molar-refractivity contribution in [1.82, 2.24) is 4.98 Å². The number of carbonyl (C=O) groups is 1. The third kappa shape index (κ3) is 1.88. The van der Waals surface area contributed by atoms with Crippen molar-refractivity contribution in [1.29, 1.82) is 0 Å². The van der Waals surface area contributed by atoms with Gasteiger partial charge in [0.25, 0.3) is 0 Å². The number of nitrogens with one attached hydrogen (secondary N) is 1. The van der Waals surface area contributed by atoms with Gasteiger partial charge in [0.05, 0.1) is 10.2 Å². The summed E-state index contributed by atoms with van der Waals surface area (Å²) in [6.45, 7) is 0. The number of hydrogen-bond donors (Lipinski definition) is 1. The van der Waals surface area contributed by atoms with E-state index in [-0.39, 0.29) is 5.78 Å². The quantitative estimate of drug-likeness (QED) is 0.552. The van der Waals surface area contributed by atoms with Crippen LogP contribution >= 0.6 is 11.3 Å². The maximum absolute atomic E-state index is 12.7. The number of Topliss-reactive ketones (excluding diaryl/α,β-unsaturated/α-hetero) is 1. The predicted octanol–water partition coefficient (Wildman–Crippen LogP) is 4.46. The summed E-state index contributed by atoms with van der Waals surface area (Å²) in [7, 11) is 0. The van der Waals surface area contributed by atoms with Gasteiger partial charge in [-0.25, -0.2) is 4.98 Å². The van der Waals surface area contributed by atoms with E-state index in [0.717, 1.165) is 26.6 Å². The fourth-order valence-electron chi connectivity index (χ4n) is 3.11. The molecule has 1 heterocycles. The molecule has 24 heavy (non-hydrogen) atoms. The Morgan fingerprint density at radius 3 is 2.54 bits per heavy atom. The Morgan fingerprint density at radius 2 is 1.71 bits per heavy atom. The maximum atomic E-state index is 12.7. The van der Waals surface area contributed by atoms with Gasteiger partial charge in [-0.15, -0.1) is 0 Å². The Labute approximate surface area is 141 Å². The Bertz CT molecular complexity index is 1120. The molecule has 0 aliphatic heterocycles. The van der Waals surface area contributed by atoms with Crippen molar-refractivity contribution in [2.75, 3.05) is 5.43 Å². The monoisotopic (exact) mass is 329 g/mol. The molecule has 1 aromatic heterocycles. The lowest BCUT2D eigenvalue weighted by Gasteiger charge is -1.99. The number of aromatic nitrogens is 1. The topological polar surface area (TPSA) is 54.4 Å². The van der Waals surface area contributed by atoms with Crippen molar-refractivity contribution in [2.24, 2.45) is 5.10 Å². The summed E-state index contributed by atoms with van der Waals surface area (Å²) < 4.78 is 1.09. The molecule has 1 aliphatic rings. The van der Waals surface area contributed by atoms with Crippen LogP contribution in [0.3, 0.4) is 0 Å². The van der Waals surface area contributed by atoms with E-state index < -0.39 is 0 Å². The van der Waals surface area contributed by atoms with Gasteiger partial charge in [-0.2, -0.15) is 5.10 Å². The number of hydrogen-bond acceptors (Lipinski definition) is 5. The number of hydrazone groups is 1. The van der Waals surface area contributed by atoms with Gasteiger partial charge in [0.2, 0.25) is 10.9 Å². The molecule has 0 saturated heterocycles. The molecule has 5 heteroatoms. The minimum Gasteiger partial charge on any atom is -0.287 e. The largest absolute Gasteiger partial charge is 0.287 e. The van der Waals surface area contributed by atoms with Gasteiger partial charge >= 0.3 is 0 Å². The summed E-state index contributed by atoms with van der Waals surface area (Å²) in [6.07, 6.45) is 0. The highest BCUT2D eigenvalue weighted by Crippen LogP contribution is 2.31. The fraction of sp³-hybridized carbons (Fsp3) is 0. The van der Waals surface area contributed by atoms with Crippen molar-refractivity contribution in [3.63, 3.8) is 0 Å². The highest BCUT2D eigenvalue weighted by atomic mass is 32.1. The van der Waals surface area contributed by atoms with Crippen LogP contribution in [0.1, 0.15) is 15.9 Å². The Balaban J connectivity index is 1.59. The van der Waals surface area contributed by atoms with Crippen molar-refractivity contribution < 1.29 is 4.79 Å². The van der Waals surface area contributed by atoms with Crippen LogP contribution in [0.25, 0.3) is 21.0 Å². The Kier molecular flexibility index (Phi) is 2.78. The number of rotatable bonds is 2. The van der Waals surface area contributed by atoms with Crippen LogP contribution in [0, 0.1) is 0 Å². The molecule has 0 saturated carbocycles. The highest BCUT2D eigenvalue weighted by molar-refractivity contribution is 7.22. The Morgan fingerprint density at radius 1 is 0.917 bits per heavy atom. The van der Waals surface area contributed by atoms with Crippen molar-refractivity contribution in [2.45, 2.75) is 0 Å². The zero-order valence-corrected chi connectivity index (χ0v) is 13.3. The third-order valence-corrected chi connectivity index (χ3v) is 5.12. The molecule has 1 N–H and O–H groups in total. The number of fused-ring (bicyclic) bond motifs is 1. The maximum Gasteiger partial charge on any atom is 0.214 e. The summed E-state index contributed by atoms with van der Waals surface area (Å²) in [5.41, 5.74) is 5.92. The van der Waals surface area contributed by atoms with Crippen LogP contribution in [0.15, 0.2) is 65.8 Å². The van der Waals surface area contributed by atoms with E-state index in [0.29, 0.717) is 16.4 Å². The molecule has 0 unspecified atom stereocenters. The first kappa shape index (κ1) is 13.4. The highest BCUT2D eigenvalue weighted by Gasteiger charge is 2.28. The van der Waals surface area contributed by atoms with Crippen molar-refractivity contribution in [3.8, 4) is 0 Å². The number of carbonyl (C=O) groups excluding carboxylic acids is 1. The smallest absolute Gasteiger partial charge is 0.214 e. The molecule has 0 fully saturated rings. The first-order valence-corrected chi connectivity index (χ1v) is 8.39. The molecule has 0 amide bonds. The van der Waals surface area contributed by atoms with Crippen molar-refractivity contribution >= 4 is 49.0 Å². The Hall–Kier alpha value is -3.05. The molecule has 3 aromatic carbocycles. The second-order valence-electron chi connectivity index (χ2n) is 5.60. The number of thiazole rings is 1. The number of benzene rings is 3. The lowest BCUT2D eigenvalue weighted by molar-refractivity contribution is 0.107. The van der Waals surface area contributed by atoms with E-state index >= 15 is 0 Å². The zero-order valence-electron chi connectivity index (χ0n) is 12.5. The molecule has 5 rings (SSSR count). The summed E-state index contributed by atoms with van der Waals surface area (Å²) in [6, 6.07) is 19.6. The normalized spacial score (nSPS) is 14.8. The van der Waals surface area contributed by atoms with E-state index in [4.69, 9.17) is 0 Å². The standard InChI is InChI=1S/C19H11N3OS/c23-18-13-8-4-6-11-5-3-7-12(16(11)13)17(18)21-22-19-20-14-9-1-2-10-15(14)24-19/h1-10H,(H,20,22)/b21-17-. The zero-order chi connectivity index (χ0) is 16.1. The minimum absolute atomic E-state index is 0.0459. The first-order valence-electron chi connectivity index (χ1n) is 7.57. The molecule has 114 valence electrons. The SMILES string of the molecule is O=C1/C(=N\Nc2nc3ccccc3s2)c2cccc3cccc1c23. The molecule has 0 atom stereocenters. The minimum atomic E-state index is -0.0459. The molecule has 0 radical (unpaired) electrons. The van der Waals surface area contributed by atoms with Crippen LogP contribution in [0.4, 0.5) is 5.13 Å². The van der Waals surface area contributed by atoms with Gasteiger partial charge in [0.15, 0.2) is 0 Å². The lowest BCUT2D eigenvalue weighted by Crippen LogP contribution is -2.11. The van der Waals surface area contributed by atoms with Gasteiger partial charge < -0.3 is 0 Å². The second-order valence-corrected chi connectivity index (χ2v) is 6.63. The first-order chi connectivity index (χ1) is 11.8. The van der Waals surface area contributed by atoms with Crippen LogP contribution in [-0.2, 0) is 0 Å². The average Bonchev–Trinajstić information content (AvgIpc) is 3.15. The fourth-order valence-corrected chi connectivity index (χ4v) is 3.92. The van der Waals surface area contributed by atoms with Gasteiger partial charge in [-0.3, -0.25) is 10.2 Å². The molecular formula is C19H11N3OS. The van der Waals surface area contributed by atoms with Crippen LogP contribution in [0.5, 0.6) is 0 Å². The number of nitrogens with zero attached hydrogens (tertiary/aromatic N) is 2. The molecule has 0 bridgehead atoms. The predicted molar refractivity (Wildman–Crippen MR) is 98.1 cm³/mol. The van der Waals surface area contributed by atoms with Gasteiger partial charge in [0.1, 0.15) is 5.71 Å². The average molecular weight is 329 g/mol. The second kappa shape index (κ2) is 4.97. The molecule has 0 spiro atoms. The van der Waals surface area contributed by atoms with Crippen molar-refractivity contribution in [3.05, 3.63) is 71.8 Å². The van der Waals surface area contributed by atoms with E-state index in [1.54, 1.807) is 0 Å². The summed E-state index contributed by atoms with van der Waals surface area (Å²) in [4.78, 5) is 17.2. The number of anilines is 1. The van der Waals surface area contributed by atoms with Crippen LogP contribution in [-0.4, -0.2) is 16.5 Å². The van der Waals surface area contributed by atoms with Gasteiger partial charge in [-0.1, -0.05) is 59.9 Å². The lowest BCUT2D eigenvalue weighted by atomic mass is 10.1.